The molecule has 3 N–H and O–H groups in total. The number of aromatic nitrogens is 2. The van der Waals surface area contributed by atoms with E-state index >= 15 is 0 Å². The third-order valence-electron chi connectivity index (χ3n) is 7.27. The van der Waals surface area contributed by atoms with Crippen LogP contribution in [0.1, 0.15) is 35.2 Å². The number of nitrogens with zero attached hydrogens (tertiary/aromatic N) is 3. The van der Waals surface area contributed by atoms with Gasteiger partial charge in [0.2, 0.25) is 0 Å². The number of benzene rings is 2. The maximum atomic E-state index is 13.6. The zero-order chi connectivity index (χ0) is 26.8. The van der Waals surface area contributed by atoms with E-state index in [0.29, 0.717) is 65.8 Å². The van der Waals surface area contributed by atoms with Crippen LogP contribution in [0.15, 0.2) is 42.5 Å². The summed E-state index contributed by atoms with van der Waals surface area (Å²) in [6.45, 7) is 3.87. The number of H-pyrrole nitrogens is 1. The molecule has 0 spiro atoms. The number of carbonyl (C=O) groups is 3. The summed E-state index contributed by atoms with van der Waals surface area (Å²) in [5.41, 5.74) is 6.69. The van der Waals surface area contributed by atoms with Crippen LogP contribution < -0.4 is 15.5 Å². The number of ketones is 1. The Balaban J connectivity index is 0.00000323. The predicted octanol–water partition coefficient (Wildman–Crippen LogP) is 3.47. The molecule has 6 rings (SSSR count). The maximum Gasteiger partial charge on any atom is 0.333 e. The number of hydrogen-bond acceptors (Lipinski definition) is 7. The fraction of sp³-hybridized carbons (Fsp3) is 0.357. The van der Waals surface area contributed by atoms with Crippen molar-refractivity contribution in [3.05, 3.63) is 53.6 Å². The Morgan fingerprint density at radius 3 is 2.48 bits per heavy atom. The van der Waals surface area contributed by atoms with Gasteiger partial charge < -0.3 is 19.7 Å². The minimum absolute atomic E-state index is 0. The van der Waals surface area contributed by atoms with Gasteiger partial charge in [-0.3, -0.25) is 20.1 Å². The zero-order valence-corrected chi connectivity index (χ0v) is 22.7. The summed E-state index contributed by atoms with van der Waals surface area (Å²) in [6, 6.07) is 12.1. The molecule has 0 unspecified atom stereocenters. The molecule has 0 saturated carbocycles. The lowest BCUT2D eigenvalue weighted by atomic mass is 10.0. The quantitative estimate of drug-likeness (QED) is 0.326. The van der Waals surface area contributed by atoms with Gasteiger partial charge >= 0.3 is 6.03 Å². The highest BCUT2D eigenvalue weighted by molar-refractivity contribution is 6.26. The van der Waals surface area contributed by atoms with E-state index in [2.05, 4.69) is 20.9 Å². The Hall–Kier alpha value is -3.93. The molecule has 12 heteroatoms. The summed E-state index contributed by atoms with van der Waals surface area (Å²) in [7, 11) is 0. The van der Waals surface area contributed by atoms with Crippen LogP contribution in [0.5, 0.6) is 5.75 Å². The molecule has 210 valence electrons. The van der Waals surface area contributed by atoms with Crippen LogP contribution in [0.4, 0.5) is 10.5 Å². The molecule has 3 aromatic rings. The molecule has 0 radical (unpaired) electrons. The number of anilines is 1. The van der Waals surface area contributed by atoms with E-state index in [1.807, 2.05) is 23.1 Å². The van der Waals surface area contributed by atoms with E-state index in [-0.39, 0.29) is 30.7 Å². The Kier molecular flexibility index (Phi) is 8.34. The van der Waals surface area contributed by atoms with Gasteiger partial charge in [-0.1, -0.05) is 12.1 Å². The van der Waals surface area contributed by atoms with Crippen LogP contribution in [-0.2, 0) is 9.53 Å². The van der Waals surface area contributed by atoms with Crippen molar-refractivity contribution in [2.24, 2.45) is 0 Å². The van der Waals surface area contributed by atoms with Crippen molar-refractivity contribution in [1.29, 1.82) is 0 Å². The van der Waals surface area contributed by atoms with Crippen molar-refractivity contribution in [2.45, 2.75) is 19.3 Å². The highest BCUT2D eigenvalue weighted by Gasteiger charge is 2.35. The van der Waals surface area contributed by atoms with E-state index < -0.39 is 6.03 Å². The number of fused-ring (bicyclic) bond motifs is 3. The highest BCUT2D eigenvalue weighted by Crippen LogP contribution is 2.43. The number of hydrazine groups is 1. The second-order valence-corrected chi connectivity index (χ2v) is 9.80. The van der Waals surface area contributed by atoms with Gasteiger partial charge in [0.15, 0.2) is 12.4 Å². The maximum absolute atomic E-state index is 13.6. The second kappa shape index (κ2) is 12.1. The Morgan fingerprint density at radius 1 is 0.975 bits per heavy atom. The van der Waals surface area contributed by atoms with Crippen LogP contribution in [0.2, 0.25) is 0 Å². The molecule has 3 heterocycles. The smallest absolute Gasteiger partial charge is 0.333 e. The average Bonchev–Trinajstić information content (AvgIpc) is 3.53. The molecule has 0 bridgehead atoms. The third kappa shape index (κ3) is 5.53. The highest BCUT2D eigenvalue weighted by atomic mass is 35.5. The van der Waals surface area contributed by atoms with Gasteiger partial charge in [-0.2, -0.15) is 5.10 Å². The number of aromatic amines is 1. The Labute approximate surface area is 237 Å². The van der Waals surface area contributed by atoms with Crippen molar-refractivity contribution >= 4 is 35.8 Å². The Bertz CT molecular complexity index is 1400. The fourth-order valence-electron chi connectivity index (χ4n) is 5.26. The summed E-state index contributed by atoms with van der Waals surface area (Å²) >= 11 is 0. The second-order valence-electron chi connectivity index (χ2n) is 9.80. The standard InChI is InChI=1S/C28H30N6O5.ClH/c35-22(33-11-2-1-3-12-33)17-39-19-9-7-18(8-10-19)25-24-26(31-30-25)20-5-4-6-21(23(20)27(24)36)29-28(37)32-34-13-15-38-16-14-34;/h4-10H,1-3,11-17H2,(H,30,31)(H2,29,32,37);1H. The van der Waals surface area contributed by atoms with Gasteiger partial charge in [-0.05, 0) is 49.6 Å². The normalized spacial score (nSPS) is 16.5. The number of ether oxygens (including phenoxy) is 2. The van der Waals surface area contributed by atoms with E-state index in [1.165, 1.54) is 6.42 Å². The predicted molar refractivity (Wildman–Crippen MR) is 151 cm³/mol. The van der Waals surface area contributed by atoms with Gasteiger partial charge in [-0.15, -0.1) is 12.4 Å². The largest absolute Gasteiger partial charge is 0.484 e. The van der Waals surface area contributed by atoms with Crippen molar-refractivity contribution in [3.8, 4) is 28.3 Å². The summed E-state index contributed by atoms with van der Waals surface area (Å²) in [5, 5.41) is 12.0. The number of piperidine rings is 1. The molecule has 2 saturated heterocycles. The van der Waals surface area contributed by atoms with Gasteiger partial charge in [0.05, 0.1) is 35.7 Å². The third-order valence-corrected chi connectivity index (χ3v) is 7.27. The Morgan fingerprint density at radius 2 is 1.73 bits per heavy atom. The molecule has 2 fully saturated rings. The lowest BCUT2D eigenvalue weighted by Gasteiger charge is -2.27. The van der Waals surface area contributed by atoms with E-state index in [1.54, 1.807) is 29.3 Å². The number of halogens is 1. The zero-order valence-electron chi connectivity index (χ0n) is 21.9. The van der Waals surface area contributed by atoms with Gasteiger partial charge in [-0.25, -0.2) is 9.80 Å². The molecule has 3 aliphatic rings. The van der Waals surface area contributed by atoms with Crippen LogP contribution in [0.25, 0.3) is 22.5 Å². The first-order valence-electron chi connectivity index (χ1n) is 13.3. The van der Waals surface area contributed by atoms with Crippen LogP contribution in [0, 0.1) is 0 Å². The summed E-state index contributed by atoms with van der Waals surface area (Å²) in [4.78, 5) is 40.5. The van der Waals surface area contributed by atoms with E-state index in [9.17, 15) is 14.4 Å². The summed E-state index contributed by atoms with van der Waals surface area (Å²) < 4.78 is 11.0. The molecular weight excluding hydrogens is 536 g/mol. The van der Waals surface area contributed by atoms with Crippen molar-refractivity contribution in [1.82, 2.24) is 25.5 Å². The number of rotatable bonds is 6. The van der Waals surface area contributed by atoms with E-state index in [4.69, 9.17) is 9.47 Å². The number of morpholine rings is 1. The van der Waals surface area contributed by atoms with Gasteiger partial charge in [0.25, 0.3) is 5.91 Å². The number of hydrogen-bond donors (Lipinski definition) is 3. The number of likely N-dealkylation sites (tertiary alicyclic amines) is 1. The number of nitrogens with one attached hydrogen (secondary N) is 3. The first kappa shape index (κ1) is 27.6. The average molecular weight is 567 g/mol. The van der Waals surface area contributed by atoms with Crippen LogP contribution in [0.3, 0.4) is 0 Å². The number of amides is 3. The lowest BCUT2D eigenvalue weighted by Crippen LogP contribution is -2.49. The first-order chi connectivity index (χ1) is 19.1. The number of carbonyl (C=O) groups excluding carboxylic acids is 3. The number of urea groups is 1. The lowest BCUT2D eigenvalue weighted by molar-refractivity contribution is -0.134. The summed E-state index contributed by atoms with van der Waals surface area (Å²) in [6.07, 6.45) is 3.24. The molecule has 2 aliphatic heterocycles. The monoisotopic (exact) mass is 566 g/mol. The van der Waals surface area contributed by atoms with Gasteiger partial charge in [0.1, 0.15) is 11.4 Å². The topological polar surface area (TPSA) is 129 Å². The fourth-order valence-corrected chi connectivity index (χ4v) is 5.26. The SMILES string of the molecule is Cl.O=C(Nc1cccc2c1C(=O)c1c(-c3ccc(OCC(=O)N4CCCCC4)cc3)n[nH]c1-2)NN1CCOCC1. The van der Waals surface area contributed by atoms with Crippen molar-refractivity contribution in [2.75, 3.05) is 51.3 Å². The molecule has 0 atom stereocenters. The van der Waals surface area contributed by atoms with Crippen molar-refractivity contribution in [3.63, 3.8) is 0 Å². The molecule has 1 aliphatic carbocycles. The van der Waals surface area contributed by atoms with Gasteiger partial charge in [0, 0.05) is 37.3 Å². The molecule has 1 aromatic heterocycles. The minimum Gasteiger partial charge on any atom is -0.484 e. The minimum atomic E-state index is -0.415. The van der Waals surface area contributed by atoms with Crippen molar-refractivity contribution < 1.29 is 23.9 Å². The van der Waals surface area contributed by atoms with E-state index in [0.717, 1.165) is 31.5 Å². The van der Waals surface area contributed by atoms with Crippen LogP contribution >= 0.6 is 12.4 Å². The molecule has 40 heavy (non-hydrogen) atoms. The van der Waals surface area contributed by atoms with Crippen LogP contribution in [-0.4, -0.2) is 83.8 Å². The first-order valence-corrected chi connectivity index (χ1v) is 13.3. The summed E-state index contributed by atoms with van der Waals surface area (Å²) in [5.74, 6) is 0.359. The molecular formula is C28H31ClN6O5. The molecule has 3 amide bonds. The molecule has 2 aromatic carbocycles. The molecule has 11 nitrogen and oxygen atoms in total.